The predicted octanol–water partition coefficient (Wildman–Crippen LogP) is 1.42. The molecule has 0 aromatic rings. The van der Waals surface area contributed by atoms with E-state index in [1.165, 1.54) is 0 Å². The number of carboxylic acid groups (broad SMARTS) is 1. The number of aliphatic carboxylic acids is 1. The molecule has 0 aromatic heterocycles. The Balaban J connectivity index is 2.46. The van der Waals surface area contributed by atoms with Gasteiger partial charge in [0.25, 0.3) is 0 Å². The van der Waals surface area contributed by atoms with E-state index in [0.29, 0.717) is 25.6 Å². The van der Waals surface area contributed by atoms with Crippen molar-refractivity contribution in [1.82, 2.24) is 5.32 Å². The second-order valence-electron chi connectivity index (χ2n) is 5.29. The number of hydrogen-bond donors (Lipinski definition) is 2. The molecule has 1 saturated heterocycles. The minimum Gasteiger partial charge on any atom is -0.480 e. The fourth-order valence-electron chi connectivity index (χ4n) is 2.08. The molecule has 0 aliphatic carbocycles. The lowest BCUT2D eigenvalue weighted by Crippen LogP contribution is -2.48. The van der Waals surface area contributed by atoms with Gasteiger partial charge in [-0.2, -0.15) is 0 Å². The first-order valence-corrected chi connectivity index (χ1v) is 6.60. The molecule has 2 N–H and O–H groups in total. The van der Waals surface area contributed by atoms with Crippen LogP contribution in [0.4, 0.5) is 0 Å². The van der Waals surface area contributed by atoms with Crippen LogP contribution in [0.2, 0.25) is 0 Å². The number of amides is 1. The van der Waals surface area contributed by atoms with E-state index in [-0.39, 0.29) is 11.8 Å². The Labute approximate surface area is 108 Å². The van der Waals surface area contributed by atoms with Crippen LogP contribution in [0.3, 0.4) is 0 Å². The minimum absolute atomic E-state index is 0.112. The van der Waals surface area contributed by atoms with Gasteiger partial charge in [-0.1, -0.05) is 13.8 Å². The molecule has 1 aliphatic rings. The van der Waals surface area contributed by atoms with Crippen molar-refractivity contribution in [2.75, 3.05) is 13.2 Å². The molecule has 5 heteroatoms. The Morgan fingerprint density at radius 2 is 2.17 bits per heavy atom. The van der Waals surface area contributed by atoms with Gasteiger partial charge in [0.05, 0.1) is 6.61 Å². The second-order valence-corrected chi connectivity index (χ2v) is 5.29. The van der Waals surface area contributed by atoms with Crippen molar-refractivity contribution in [2.24, 2.45) is 11.8 Å². The third-order valence-electron chi connectivity index (χ3n) is 3.20. The molecule has 1 rings (SSSR count). The number of hydrogen-bond acceptors (Lipinski definition) is 3. The number of ether oxygens (including phenoxy) is 1. The average Bonchev–Trinajstić information content (AvgIpc) is 2.34. The molecule has 0 bridgehead atoms. The molecule has 2 atom stereocenters. The Morgan fingerprint density at radius 3 is 2.67 bits per heavy atom. The van der Waals surface area contributed by atoms with Crippen molar-refractivity contribution >= 4 is 11.9 Å². The first-order valence-electron chi connectivity index (χ1n) is 6.60. The summed E-state index contributed by atoms with van der Waals surface area (Å²) in [6.45, 7) is 5.18. The summed E-state index contributed by atoms with van der Waals surface area (Å²) in [5.74, 6) is -0.818. The lowest BCUT2D eigenvalue weighted by atomic mass is 9.93. The maximum absolute atomic E-state index is 11.7. The van der Waals surface area contributed by atoms with Crippen LogP contribution in [-0.4, -0.2) is 36.2 Å². The van der Waals surface area contributed by atoms with Crippen LogP contribution >= 0.6 is 0 Å². The highest BCUT2D eigenvalue weighted by Crippen LogP contribution is 2.18. The molecule has 0 aromatic carbocycles. The zero-order valence-corrected chi connectivity index (χ0v) is 11.1. The highest BCUT2D eigenvalue weighted by molar-refractivity contribution is 5.83. The van der Waals surface area contributed by atoms with Crippen molar-refractivity contribution in [1.29, 1.82) is 0 Å². The fourth-order valence-corrected chi connectivity index (χ4v) is 2.08. The van der Waals surface area contributed by atoms with Gasteiger partial charge in [0.1, 0.15) is 6.04 Å². The summed E-state index contributed by atoms with van der Waals surface area (Å²) >= 11 is 0. The van der Waals surface area contributed by atoms with Crippen LogP contribution in [-0.2, 0) is 14.3 Å². The zero-order valence-electron chi connectivity index (χ0n) is 11.1. The van der Waals surface area contributed by atoms with Gasteiger partial charge in [0.15, 0.2) is 0 Å². The van der Waals surface area contributed by atoms with Gasteiger partial charge in [-0.15, -0.1) is 0 Å². The summed E-state index contributed by atoms with van der Waals surface area (Å²) < 4.78 is 5.28. The summed E-state index contributed by atoms with van der Waals surface area (Å²) in [6.07, 6.45) is 2.81. The van der Waals surface area contributed by atoms with Crippen LogP contribution in [0.5, 0.6) is 0 Å². The maximum atomic E-state index is 11.7. The second kappa shape index (κ2) is 7.36. The number of carbonyl (C=O) groups is 2. The van der Waals surface area contributed by atoms with Gasteiger partial charge < -0.3 is 15.2 Å². The number of nitrogens with one attached hydrogen (secondary N) is 1. The molecule has 0 saturated carbocycles. The molecule has 2 unspecified atom stereocenters. The molecule has 1 aliphatic heterocycles. The molecule has 1 fully saturated rings. The van der Waals surface area contributed by atoms with Crippen LogP contribution in [0, 0.1) is 11.8 Å². The third kappa shape index (κ3) is 5.04. The molecule has 1 amide bonds. The summed E-state index contributed by atoms with van der Waals surface area (Å²) in [4.78, 5) is 22.9. The quantitative estimate of drug-likeness (QED) is 0.754. The smallest absolute Gasteiger partial charge is 0.326 e. The van der Waals surface area contributed by atoms with Gasteiger partial charge >= 0.3 is 5.97 Å². The molecule has 0 radical (unpaired) electrons. The molecule has 1 heterocycles. The van der Waals surface area contributed by atoms with Gasteiger partial charge in [-0.3, -0.25) is 4.79 Å². The van der Waals surface area contributed by atoms with E-state index in [2.05, 4.69) is 5.32 Å². The van der Waals surface area contributed by atoms with Crippen molar-refractivity contribution in [3.05, 3.63) is 0 Å². The van der Waals surface area contributed by atoms with Crippen LogP contribution in [0.25, 0.3) is 0 Å². The number of rotatable bonds is 6. The number of carbonyl (C=O) groups excluding carboxylic acids is 1. The van der Waals surface area contributed by atoms with Gasteiger partial charge in [-0.25, -0.2) is 4.79 Å². The van der Waals surface area contributed by atoms with Gasteiger partial charge in [-0.05, 0) is 25.2 Å². The molecule has 5 nitrogen and oxygen atoms in total. The van der Waals surface area contributed by atoms with E-state index in [4.69, 9.17) is 4.74 Å². The normalized spacial score (nSPS) is 21.6. The summed E-state index contributed by atoms with van der Waals surface area (Å²) in [7, 11) is 0. The number of carboxylic acids is 1. The van der Waals surface area contributed by atoms with E-state index in [1.807, 2.05) is 13.8 Å². The van der Waals surface area contributed by atoms with Crippen LogP contribution in [0.1, 0.15) is 39.5 Å². The largest absolute Gasteiger partial charge is 0.480 e. The lowest BCUT2D eigenvalue weighted by Gasteiger charge is -2.28. The molecule has 0 spiro atoms. The van der Waals surface area contributed by atoms with Gasteiger partial charge in [0.2, 0.25) is 5.91 Å². The zero-order chi connectivity index (χ0) is 13.5. The third-order valence-corrected chi connectivity index (χ3v) is 3.20. The average molecular weight is 257 g/mol. The first kappa shape index (κ1) is 15.0. The highest BCUT2D eigenvalue weighted by Gasteiger charge is 2.31. The highest BCUT2D eigenvalue weighted by atomic mass is 16.5. The minimum atomic E-state index is -0.969. The maximum Gasteiger partial charge on any atom is 0.326 e. The van der Waals surface area contributed by atoms with E-state index in [1.54, 1.807) is 0 Å². The van der Waals surface area contributed by atoms with Crippen LogP contribution < -0.4 is 5.32 Å². The van der Waals surface area contributed by atoms with E-state index < -0.39 is 12.0 Å². The monoisotopic (exact) mass is 257 g/mol. The lowest BCUT2D eigenvalue weighted by molar-refractivity contribution is -0.145. The first-order chi connectivity index (χ1) is 8.50. The van der Waals surface area contributed by atoms with Crippen molar-refractivity contribution in [3.8, 4) is 0 Å². The summed E-state index contributed by atoms with van der Waals surface area (Å²) in [5.41, 5.74) is 0. The fraction of sp³-hybridized carbons (Fsp3) is 0.846. The van der Waals surface area contributed by atoms with Crippen molar-refractivity contribution in [2.45, 2.75) is 45.6 Å². The van der Waals surface area contributed by atoms with Crippen molar-refractivity contribution < 1.29 is 19.4 Å². The van der Waals surface area contributed by atoms with E-state index >= 15 is 0 Å². The SMILES string of the molecule is CC(C)CCC(=O)NC(C(=O)O)C1CCCOC1. The predicted molar refractivity (Wildman–Crippen MR) is 67.2 cm³/mol. The Kier molecular flexibility index (Phi) is 6.12. The molecular weight excluding hydrogens is 234 g/mol. The molecule has 104 valence electrons. The van der Waals surface area contributed by atoms with Crippen LogP contribution in [0.15, 0.2) is 0 Å². The Bertz CT molecular complexity index is 285. The molecular formula is C13H23NO4. The topological polar surface area (TPSA) is 75.6 Å². The van der Waals surface area contributed by atoms with E-state index in [0.717, 1.165) is 19.3 Å². The Morgan fingerprint density at radius 1 is 1.44 bits per heavy atom. The van der Waals surface area contributed by atoms with Gasteiger partial charge in [0, 0.05) is 18.9 Å². The summed E-state index contributed by atoms with van der Waals surface area (Å²) in [5, 5.41) is 11.8. The van der Waals surface area contributed by atoms with Crippen molar-refractivity contribution in [3.63, 3.8) is 0 Å². The standard InChI is InChI=1S/C13H23NO4/c1-9(2)5-6-11(15)14-12(13(16)17)10-4-3-7-18-8-10/h9-10,12H,3-8H2,1-2H3,(H,14,15)(H,16,17). The Hall–Kier alpha value is -1.10. The van der Waals surface area contributed by atoms with E-state index in [9.17, 15) is 14.7 Å². The summed E-state index contributed by atoms with van der Waals surface area (Å²) in [6, 6.07) is -0.815. The molecule has 18 heavy (non-hydrogen) atoms.